The first-order valence-corrected chi connectivity index (χ1v) is 10.8. The van der Waals surface area contributed by atoms with Crippen molar-refractivity contribution in [3.8, 4) is 0 Å². The Kier molecular flexibility index (Phi) is 4.06. The SMILES string of the molecule is C=C1C(=O)[C@]23[C@H](O)[C@H]1CC[C@H]2[C@]12CO[C@]3(O)[C@@H](O)[C@H]1[C@](C)(COC(C)=O)CC[C@H]2O. The molecule has 2 heterocycles. The minimum absolute atomic E-state index is 0.0279. The Labute approximate surface area is 174 Å². The number of ether oxygens (including phenoxy) is 2. The standard InChI is InChI=1S/C22H30O8/c1-10-12-4-5-13-20-9-30-22(28,21(13,16(10)25)17(12)26)18(27)15(20)19(3,7-6-14(20)24)8-29-11(2)23/h12-15,17-18,24,26-28H,1,4-9H2,2-3H3/t12-,13-,14+,15-,17+,18-,19-,20-,21-,22+/m0/s1. The van der Waals surface area contributed by atoms with Crippen LogP contribution < -0.4 is 0 Å². The Morgan fingerprint density at radius 2 is 1.93 bits per heavy atom. The number of aliphatic hydroxyl groups excluding tert-OH is 3. The molecule has 0 aromatic heterocycles. The maximum absolute atomic E-state index is 13.5. The summed E-state index contributed by atoms with van der Waals surface area (Å²) in [5.74, 6) is -4.96. The van der Waals surface area contributed by atoms with Gasteiger partial charge < -0.3 is 29.9 Å². The first kappa shape index (κ1) is 20.6. The summed E-state index contributed by atoms with van der Waals surface area (Å²) in [6.07, 6.45) is -1.78. The third kappa shape index (κ3) is 1.92. The molecule has 8 nitrogen and oxygen atoms in total. The highest BCUT2D eigenvalue weighted by atomic mass is 16.6. The number of esters is 1. The lowest BCUT2D eigenvalue weighted by molar-refractivity contribution is -0.459. The second-order valence-electron chi connectivity index (χ2n) is 10.4. The van der Waals surface area contributed by atoms with Gasteiger partial charge in [0.15, 0.2) is 5.78 Å². The molecule has 4 aliphatic carbocycles. The van der Waals surface area contributed by atoms with Crippen LogP contribution in [0.1, 0.15) is 39.5 Å². The Bertz CT molecular complexity index is 841. The molecule has 2 spiro atoms. The maximum atomic E-state index is 13.5. The molecule has 166 valence electrons. The molecular weight excluding hydrogens is 392 g/mol. The molecule has 6 aliphatic rings. The molecule has 4 bridgehead atoms. The van der Waals surface area contributed by atoms with E-state index in [0.29, 0.717) is 25.7 Å². The minimum Gasteiger partial charge on any atom is -0.465 e. The van der Waals surface area contributed by atoms with Crippen LogP contribution in [0.5, 0.6) is 0 Å². The van der Waals surface area contributed by atoms with E-state index in [1.54, 1.807) is 0 Å². The number of hydrogen-bond donors (Lipinski definition) is 4. The van der Waals surface area contributed by atoms with E-state index in [4.69, 9.17) is 9.47 Å². The van der Waals surface area contributed by atoms with E-state index < -0.39 is 69.9 Å². The molecule has 4 N–H and O–H groups in total. The highest BCUT2D eigenvalue weighted by Gasteiger charge is 2.87. The van der Waals surface area contributed by atoms with Gasteiger partial charge in [-0.25, -0.2) is 0 Å². The fraction of sp³-hybridized carbons (Fsp3) is 0.818. The summed E-state index contributed by atoms with van der Waals surface area (Å²) >= 11 is 0. The molecule has 0 unspecified atom stereocenters. The van der Waals surface area contributed by atoms with Gasteiger partial charge >= 0.3 is 5.97 Å². The fourth-order valence-electron chi connectivity index (χ4n) is 8.16. The van der Waals surface area contributed by atoms with E-state index >= 15 is 0 Å². The van der Waals surface area contributed by atoms with Gasteiger partial charge in [0.25, 0.3) is 0 Å². The van der Waals surface area contributed by atoms with E-state index in [-0.39, 0.29) is 18.8 Å². The van der Waals surface area contributed by atoms with Crippen molar-refractivity contribution in [3.63, 3.8) is 0 Å². The summed E-state index contributed by atoms with van der Waals surface area (Å²) in [7, 11) is 0. The molecule has 8 heteroatoms. The normalized spacial score (nSPS) is 56.5. The van der Waals surface area contributed by atoms with Crippen LogP contribution in [0, 0.1) is 34.0 Å². The maximum Gasteiger partial charge on any atom is 0.302 e. The Hall–Kier alpha value is -1.32. The zero-order chi connectivity index (χ0) is 21.9. The molecule has 2 saturated heterocycles. The van der Waals surface area contributed by atoms with Crippen molar-refractivity contribution in [2.45, 2.75) is 63.6 Å². The van der Waals surface area contributed by atoms with Crippen LogP contribution in [-0.2, 0) is 19.1 Å². The van der Waals surface area contributed by atoms with Gasteiger partial charge in [-0.2, -0.15) is 0 Å². The molecule has 0 aromatic carbocycles. The largest absolute Gasteiger partial charge is 0.465 e. The predicted molar refractivity (Wildman–Crippen MR) is 102 cm³/mol. The van der Waals surface area contributed by atoms with Gasteiger partial charge in [-0.05, 0) is 37.2 Å². The number of Topliss-reactive ketones (excluding diaryl/α,β-unsaturated/α-hetero) is 1. The highest BCUT2D eigenvalue weighted by Crippen LogP contribution is 2.76. The van der Waals surface area contributed by atoms with Crippen molar-refractivity contribution in [3.05, 3.63) is 12.2 Å². The van der Waals surface area contributed by atoms with Gasteiger partial charge in [0, 0.05) is 29.6 Å². The summed E-state index contributed by atoms with van der Waals surface area (Å²) in [6.45, 7) is 7.06. The van der Waals surface area contributed by atoms with Crippen LogP contribution in [0.15, 0.2) is 12.2 Å². The molecule has 30 heavy (non-hydrogen) atoms. The predicted octanol–water partition coefficient (Wildman–Crippen LogP) is -0.0812. The van der Waals surface area contributed by atoms with Gasteiger partial charge in [0.2, 0.25) is 5.79 Å². The van der Waals surface area contributed by atoms with Crippen LogP contribution in [0.4, 0.5) is 0 Å². The van der Waals surface area contributed by atoms with Crippen LogP contribution in [0.3, 0.4) is 0 Å². The smallest absolute Gasteiger partial charge is 0.302 e. The zero-order valence-electron chi connectivity index (χ0n) is 17.3. The monoisotopic (exact) mass is 422 g/mol. The van der Waals surface area contributed by atoms with Gasteiger partial charge in [0.1, 0.15) is 11.5 Å². The van der Waals surface area contributed by atoms with Crippen LogP contribution >= 0.6 is 0 Å². The summed E-state index contributed by atoms with van der Waals surface area (Å²) in [4.78, 5) is 25.0. The van der Waals surface area contributed by atoms with E-state index in [2.05, 4.69) is 6.58 Å². The molecule has 0 aromatic rings. The number of rotatable bonds is 2. The second-order valence-corrected chi connectivity index (χ2v) is 10.4. The highest BCUT2D eigenvalue weighted by molar-refractivity contribution is 6.05. The Morgan fingerprint density at radius 3 is 2.60 bits per heavy atom. The topological polar surface area (TPSA) is 134 Å². The molecule has 10 atom stereocenters. The molecule has 2 aliphatic heterocycles. The average molecular weight is 422 g/mol. The molecule has 6 fully saturated rings. The van der Waals surface area contributed by atoms with Gasteiger partial charge in [-0.15, -0.1) is 0 Å². The van der Waals surface area contributed by atoms with Crippen LogP contribution in [-0.4, -0.2) is 69.5 Å². The molecule has 0 amide bonds. The summed E-state index contributed by atoms with van der Waals surface area (Å²) in [5, 5.41) is 45.8. The fourth-order valence-corrected chi connectivity index (χ4v) is 8.16. The van der Waals surface area contributed by atoms with Crippen molar-refractivity contribution in [2.24, 2.45) is 34.0 Å². The number of carbonyl (C=O) groups is 2. The number of fused-ring (bicyclic) bond motifs is 2. The average Bonchev–Trinajstić information content (AvgIpc) is 2.80. The Balaban J connectivity index is 1.71. The summed E-state index contributed by atoms with van der Waals surface area (Å²) in [5.41, 5.74) is -3.28. The van der Waals surface area contributed by atoms with E-state index in [1.165, 1.54) is 6.92 Å². The number of hydrogen-bond acceptors (Lipinski definition) is 8. The van der Waals surface area contributed by atoms with Crippen molar-refractivity contribution in [1.29, 1.82) is 0 Å². The molecule has 4 saturated carbocycles. The molecule has 0 radical (unpaired) electrons. The van der Waals surface area contributed by atoms with Crippen LogP contribution in [0.2, 0.25) is 0 Å². The number of carbonyl (C=O) groups excluding carboxylic acids is 2. The number of ketones is 1. The summed E-state index contributed by atoms with van der Waals surface area (Å²) in [6, 6.07) is 0. The number of aliphatic hydroxyl groups is 4. The van der Waals surface area contributed by atoms with E-state index in [1.807, 2.05) is 6.92 Å². The van der Waals surface area contributed by atoms with E-state index in [0.717, 1.165) is 0 Å². The van der Waals surface area contributed by atoms with Gasteiger partial charge in [-0.3, -0.25) is 9.59 Å². The second kappa shape index (κ2) is 5.92. The van der Waals surface area contributed by atoms with Gasteiger partial charge in [0.05, 0.1) is 25.4 Å². The zero-order valence-corrected chi connectivity index (χ0v) is 17.3. The lowest BCUT2D eigenvalue weighted by atomic mass is 9.35. The quantitative estimate of drug-likeness (QED) is 0.359. The van der Waals surface area contributed by atoms with Crippen molar-refractivity contribution in [2.75, 3.05) is 13.2 Å². The first-order valence-electron chi connectivity index (χ1n) is 10.8. The molecule has 6 rings (SSSR count). The van der Waals surface area contributed by atoms with Crippen molar-refractivity contribution in [1.82, 2.24) is 0 Å². The third-order valence-electron chi connectivity index (χ3n) is 9.32. The summed E-state index contributed by atoms with van der Waals surface area (Å²) < 4.78 is 11.1. The lowest BCUT2D eigenvalue weighted by Gasteiger charge is -2.74. The molecular formula is C22H30O8. The Morgan fingerprint density at radius 1 is 1.23 bits per heavy atom. The van der Waals surface area contributed by atoms with Crippen molar-refractivity contribution >= 4 is 11.8 Å². The lowest BCUT2D eigenvalue weighted by Crippen LogP contribution is -2.86. The van der Waals surface area contributed by atoms with Gasteiger partial charge in [-0.1, -0.05) is 13.5 Å². The van der Waals surface area contributed by atoms with E-state index in [9.17, 15) is 30.0 Å². The third-order valence-corrected chi connectivity index (χ3v) is 9.32. The van der Waals surface area contributed by atoms with Crippen molar-refractivity contribution < 1.29 is 39.5 Å². The first-order chi connectivity index (χ1) is 14.0. The van der Waals surface area contributed by atoms with Crippen LogP contribution in [0.25, 0.3) is 0 Å². The minimum atomic E-state index is -2.30.